The number of thiazole rings is 1. The van der Waals surface area contributed by atoms with E-state index in [1.807, 2.05) is 30.5 Å². The van der Waals surface area contributed by atoms with Gasteiger partial charge in [-0.1, -0.05) is 43.0 Å². The van der Waals surface area contributed by atoms with Crippen molar-refractivity contribution in [3.05, 3.63) is 75.8 Å². The highest BCUT2D eigenvalue weighted by Gasteiger charge is 2.16. The van der Waals surface area contributed by atoms with E-state index in [9.17, 15) is 13.2 Å². The van der Waals surface area contributed by atoms with Crippen molar-refractivity contribution in [3.63, 3.8) is 0 Å². The number of nitrogens with zero attached hydrogens (tertiary/aromatic N) is 1. The van der Waals surface area contributed by atoms with Crippen LogP contribution in [0.1, 0.15) is 14.5 Å². The third-order valence-electron chi connectivity index (χ3n) is 4.35. The molecule has 2 heterocycles. The number of anilines is 1. The summed E-state index contributed by atoms with van der Waals surface area (Å²) in [5, 5.41) is 2.52. The van der Waals surface area contributed by atoms with Crippen LogP contribution in [0, 0.1) is 6.92 Å². The molecule has 0 spiro atoms. The molecule has 0 amide bonds. The first-order valence-electron chi connectivity index (χ1n) is 8.81. The third kappa shape index (κ3) is 4.34. The Kier molecular flexibility index (Phi) is 5.79. The number of hydrogen-bond acceptors (Lipinski definition) is 6. The van der Waals surface area contributed by atoms with Gasteiger partial charge in [0.2, 0.25) is 5.12 Å². The first-order valence-corrected chi connectivity index (χ1v) is 12.4. The van der Waals surface area contributed by atoms with E-state index in [2.05, 4.69) is 22.3 Å². The van der Waals surface area contributed by atoms with E-state index in [0.29, 0.717) is 10.6 Å². The van der Waals surface area contributed by atoms with E-state index in [0.717, 1.165) is 26.7 Å². The van der Waals surface area contributed by atoms with Gasteiger partial charge in [0.1, 0.15) is 5.01 Å². The Balaban J connectivity index is 1.55. The van der Waals surface area contributed by atoms with Crippen LogP contribution in [0.3, 0.4) is 0 Å². The van der Waals surface area contributed by atoms with Gasteiger partial charge in [-0.15, -0.1) is 22.7 Å². The molecule has 0 unspecified atom stereocenters. The maximum absolute atomic E-state index is 12.4. The molecule has 152 valence electrons. The fourth-order valence-corrected chi connectivity index (χ4v) is 5.96. The summed E-state index contributed by atoms with van der Waals surface area (Å²) >= 11 is 6.79. The highest BCUT2D eigenvalue weighted by Crippen LogP contribution is 2.35. The molecule has 9 heteroatoms. The monoisotopic (exact) mass is 472 g/mol. The van der Waals surface area contributed by atoms with Gasteiger partial charge in [-0.2, -0.15) is 0 Å². The van der Waals surface area contributed by atoms with Gasteiger partial charge in [0.25, 0.3) is 10.0 Å². The van der Waals surface area contributed by atoms with E-state index >= 15 is 0 Å². The predicted molar refractivity (Wildman–Crippen MR) is 126 cm³/mol. The van der Waals surface area contributed by atoms with Crippen molar-refractivity contribution in [3.8, 4) is 21.8 Å². The lowest BCUT2D eigenvalue weighted by molar-refractivity contribution is 0.109. The smallest absolute Gasteiger partial charge is 0.261 e. The van der Waals surface area contributed by atoms with Crippen molar-refractivity contribution in [2.75, 3.05) is 4.72 Å². The summed E-state index contributed by atoms with van der Waals surface area (Å²) < 4.78 is 27.5. The van der Waals surface area contributed by atoms with E-state index in [-0.39, 0.29) is 10.0 Å². The summed E-state index contributed by atoms with van der Waals surface area (Å²) in [6.07, 6.45) is 0. The molecule has 2 aromatic carbocycles. The minimum absolute atomic E-state index is 0.211. The Morgan fingerprint density at radius 1 is 1.07 bits per heavy atom. The van der Waals surface area contributed by atoms with Crippen LogP contribution in [0.2, 0.25) is 0 Å². The van der Waals surface area contributed by atoms with Crippen LogP contribution < -0.4 is 4.72 Å². The van der Waals surface area contributed by atoms with Crippen molar-refractivity contribution < 1.29 is 13.2 Å². The molecule has 5 nitrogen and oxygen atoms in total. The number of sulfonamides is 1. The Morgan fingerprint density at radius 3 is 2.40 bits per heavy atom. The Hall–Kier alpha value is -2.46. The molecular weight excluding hydrogens is 457 g/mol. The van der Waals surface area contributed by atoms with Gasteiger partial charge in [0, 0.05) is 27.1 Å². The van der Waals surface area contributed by atoms with Crippen molar-refractivity contribution in [2.45, 2.75) is 11.8 Å². The summed E-state index contributed by atoms with van der Waals surface area (Å²) in [5.41, 5.74) is 3.07. The highest BCUT2D eigenvalue weighted by molar-refractivity contribution is 7.97. The van der Waals surface area contributed by atoms with Gasteiger partial charge in [-0.05, 0) is 37.3 Å². The zero-order valence-electron chi connectivity index (χ0n) is 15.7. The van der Waals surface area contributed by atoms with Gasteiger partial charge in [-0.25, -0.2) is 13.4 Å². The van der Waals surface area contributed by atoms with E-state index in [1.54, 1.807) is 42.5 Å². The highest BCUT2D eigenvalue weighted by atomic mass is 32.2. The second kappa shape index (κ2) is 8.35. The molecule has 4 rings (SSSR count). The van der Waals surface area contributed by atoms with Crippen LogP contribution in [0.15, 0.2) is 70.9 Å². The molecule has 0 bridgehead atoms. The minimum atomic E-state index is -3.63. The number of rotatable bonds is 6. The molecule has 0 aliphatic rings. The maximum Gasteiger partial charge on any atom is 0.261 e. The fourth-order valence-electron chi connectivity index (χ4n) is 2.85. The second-order valence-corrected chi connectivity index (χ2v) is 10.6. The molecule has 0 atom stereocenters. The molecule has 0 saturated carbocycles. The molecule has 1 N–H and O–H groups in total. The van der Waals surface area contributed by atoms with Crippen LogP contribution in [0.4, 0.5) is 5.69 Å². The molecule has 0 fully saturated rings. The van der Waals surface area contributed by atoms with Crippen molar-refractivity contribution >= 4 is 56.1 Å². The van der Waals surface area contributed by atoms with Crippen LogP contribution in [0.25, 0.3) is 21.8 Å². The van der Waals surface area contributed by atoms with Gasteiger partial charge >= 0.3 is 0 Å². The zero-order chi connectivity index (χ0) is 21.3. The lowest BCUT2D eigenvalue weighted by Gasteiger charge is -2.08. The average molecular weight is 473 g/mol. The summed E-state index contributed by atoms with van der Waals surface area (Å²) in [6, 6.07) is 17.1. The van der Waals surface area contributed by atoms with Gasteiger partial charge in [0.05, 0.1) is 15.5 Å². The summed E-state index contributed by atoms with van der Waals surface area (Å²) in [4.78, 5) is 18.0. The fraction of sp³-hybridized carbons (Fsp3) is 0.0476. The number of carbonyl (C=O) groups excluding carboxylic acids is 1. The molecule has 0 aliphatic heterocycles. The SMILES string of the molecule is Cc1sc(C(=O)S)cc1-c1nc(-c2ccc(NS(=O)(=O)c3ccccc3)cc2)cs1. The molecule has 4 aromatic rings. The van der Waals surface area contributed by atoms with Crippen molar-refractivity contribution in [1.29, 1.82) is 0 Å². The van der Waals surface area contributed by atoms with Gasteiger partial charge in [-0.3, -0.25) is 9.52 Å². The van der Waals surface area contributed by atoms with E-state index < -0.39 is 10.0 Å². The summed E-state index contributed by atoms with van der Waals surface area (Å²) in [5.74, 6) is 0. The van der Waals surface area contributed by atoms with Gasteiger partial charge < -0.3 is 0 Å². The predicted octanol–water partition coefficient (Wildman–Crippen LogP) is 5.72. The lowest BCUT2D eigenvalue weighted by Crippen LogP contribution is -2.12. The topological polar surface area (TPSA) is 76.1 Å². The van der Waals surface area contributed by atoms with Crippen LogP contribution >= 0.6 is 35.3 Å². The standard InChI is InChI=1S/C21H16N2O3S4/c1-13-17(11-19(29-13)21(24)27)20-22-18(12-28-20)14-7-9-15(10-8-14)23-30(25,26)16-5-3-2-4-6-16/h2-12,23H,1H3,(H,24,27). The molecule has 2 aromatic heterocycles. The van der Waals surface area contributed by atoms with Crippen molar-refractivity contribution in [2.24, 2.45) is 0 Å². The summed E-state index contributed by atoms with van der Waals surface area (Å²) in [6.45, 7) is 1.95. The largest absolute Gasteiger partial charge is 0.281 e. The zero-order valence-corrected chi connectivity index (χ0v) is 19.0. The van der Waals surface area contributed by atoms with E-state index in [4.69, 9.17) is 0 Å². The number of thiophene rings is 1. The molecular formula is C21H16N2O3S4. The number of aryl methyl sites for hydroxylation is 1. The van der Waals surface area contributed by atoms with Crippen LogP contribution in [-0.2, 0) is 10.0 Å². The number of aromatic nitrogens is 1. The number of benzene rings is 2. The Bertz CT molecular complexity index is 1310. The Morgan fingerprint density at radius 2 is 1.77 bits per heavy atom. The van der Waals surface area contributed by atoms with Gasteiger partial charge in [0.15, 0.2) is 0 Å². The Labute approximate surface area is 187 Å². The number of nitrogens with one attached hydrogen (secondary N) is 1. The molecule has 30 heavy (non-hydrogen) atoms. The van der Waals surface area contributed by atoms with Crippen LogP contribution in [0.5, 0.6) is 0 Å². The van der Waals surface area contributed by atoms with Crippen molar-refractivity contribution in [1.82, 2.24) is 4.98 Å². The number of thiol groups is 1. The minimum Gasteiger partial charge on any atom is -0.281 e. The lowest BCUT2D eigenvalue weighted by atomic mass is 10.1. The first kappa shape index (κ1) is 20.8. The van der Waals surface area contributed by atoms with Crippen LogP contribution in [-0.4, -0.2) is 18.5 Å². The normalized spacial score (nSPS) is 11.4. The summed E-state index contributed by atoms with van der Waals surface area (Å²) in [7, 11) is -3.63. The number of carbonyl (C=O) groups is 1. The molecule has 0 radical (unpaired) electrons. The van der Waals surface area contributed by atoms with E-state index in [1.165, 1.54) is 22.7 Å². The second-order valence-electron chi connectivity index (χ2n) is 6.42. The first-order chi connectivity index (χ1) is 14.3. The third-order valence-corrected chi connectivity index (χ3v) is 8.06. The maximum atomic E-state index is 12.4. The average Bonchev–Trinajstić information content (AvgIpc) is 3.36. The quantitative estimate of drug-likeness (QED) is 0.352. The number of hydrogen-bond donors (Lipinski definition) is 2. The molecule has 0 aliphatic carbocycles. The molecule has 0 saturated heterocycles.